The zero-order valence-electron chi connectivity index (χ0n) is 24.2. The highest BCUT2D eigenvalue weighted by Crippen LogP contribution is 2.38. The number of hydrogen-bond donors (Lipinski definition) is 4. The summed E-state index contributed by atoms with van der Waals surface area (Å²) in [4.78, 5) is 18.7. The summed E-state index contributed by atoms with van der Waals surface area (Å²) in [6.07, 6.45) is 3.21. The Bertz CT molecular complexity index is 1280. The Morgan fingerprint density at radius 1 is 1.02 bits per heavy atom. The van der Waals surface area contributed by atoms with Crippen LogP contribution in [0.1, 0.15) is 33.6 Å². The van der Waals surface area contributed by atoms with Crippen LogP contribution in [0.2, 0.25) is 5.02 Å². The van der Waals surface area contributed by atoms with Crippen molar-refractivity contribution >= 4 is 34.2 Å². The Hall–Kier alpha value is -3.31. The van der Waals surface area contributed by atoms with Crippen LogP contribution in [0.25, 0.3) is 10.9 Å². The van der Waals surface area contributed by atoms with Gasteiger partial charge in [0.25, 0.3) is 0 Å². The molecule has 1 heterocycles. The second kappa shape index (κ2) is 15.6. The number of methoxy groups -OCH3 is 1. The lowest BCUT2D eigenvalue weighted by atomic mass is 9.92. The first kappa shape index (κ1) is 32.2. The maximum absolute atomic E-state index is 12.3. The number of carbonyl (C=O) groups is 1. The summed E-state index contributed by atoms with van der Waals surface area (Å²) in [7, 11) is 1.57. The number of nitrogens with one attached hydrogen (secondary N) is 2. The van der Waals surface area contributed by atoms with Crippen LogP contribution in [0.3, 0.4) is 0 Å². The molecule has 0 saturated heterocycles. The van der Waals surface area contributed by atoms with E-state index in [0.29, 0.717) is 78.4 Å². The van der Waals surface area contributed by atoms with Crippen LogP contribution in [-0.4, -0.2) is 79.2 Å². The topological polar surface area (TPSA) is 125 Å². The van der Waals surface area contributed by atoms with Gasteiger partial charge in [0.15, 0.2) is 11.5 Å². The van der Waals surface area contributed by atoms with Gasteiger partial charge in [0.2, 0.25) is 0 Å². The first-order chi connectivity index (χ1) is 19.6. The van der Waals surface area contributed by atoms with Gasteiger partial charge in [-0.05, 0) is 42.5 Å². The predicted molar refractivity (Wildman–Crippen MR) is 162 cm³/mol. The lowest BCUT2D eigenvalue weighted by Crippen LogP contribution is -2.31. The Labute approximate surface area is 246 Å². The molecule has 2 aromatic carbocycles. The molecule has 4 N–H and O–H groups in total. The minimum Gasteiger partial charge on any atom is -0.493 e. The molecule has 0 bridgehead atoms. The van der Waals surface area contributed by atoms with Crippen LogP contribution in [0.4, 0.5) is 10.5 Å². The van der Waals surface area contributed by atoms with Gasteiger partial charge >= 0.3 is 6.03 Å². The Kier molecular flexibility index (Phi) is 12.3. The van der Waals surface area contributed by atoms with Crippen LogP contribution in [0.15, 0.2) is 42.6 Å². The van der Waals surface area contributed by atoms with Crippen LogP contribution >= 0.6 is 11.6 Å². The molecule has 0 aliphatic carbocycles. The molecule has 2 amide bonds. The molecule has 0 atom stereocenters. The van der Waals surface area contributed by atoms with E-state index in [2.05, 4.69) is 36.4 Å². The van der Waals surface area contributed by atoms with E-state index in [1.54, 1.807) is 43.6 Å². The fourth-order valence-corrected chi connectivity index (χ4v) is 4.30. The Morgan fingerprint density at radius 3 is 2.44 bits per heavy atom. The van der Waals surface area contributed by atoms with E-state index < -0.39 is 0 Å². The molecule has 0 radical (unpaired) electrons. The average Bonchev–Trinajstić information content (AvgIpc) is 2.92. The summed E-state index contributed by atoms with van der Waals surface area (Å²) in [5.41, 5.74) is 1.27. The van der Waals surface area contributed by atoms with Gasteiger partial charge in [-0.2, -0.15) is 0 Å². The van der Waals surface area contributed by atoms with E-state index in [0.717, 1.165) is 11.8 Å². The van der Waals surface area contributed by atoms with Crippen molar-refractivity contribution in [2.45, 2.75) is 33.6 Å². The molecule has 1 aromatic heterocycles. The number of carbonyl (C=O) groups excluding carboxylic acids is 1. The summed E-state index contributed by atoms with van der Waals surface area (Å²) >= 11 is 6.45. The lowest BCUT2D eigenvalue weighted by Gasteiger charge is -2.20. The van der Waals surface area contributed by atoms with E-state index >= 15 is 0 Å². The number of halogens is 1. The number of amides is 2. The minimum atomic E-state index is -0.317. The fraction of sp³-hybridized carbons (Fsp3) is 0.467. The summed E-state index contributed by atoms with van der Waals surface area (Å²) in [6.45, 7) is 9.13. The number of aromatic nitrogens is 1. The molecule has 0 aliphatic rings. The standard InChI is InChI=1S/C30H41ClN4O6/c1-30(2,3)9-11-33-29(38)34-24-7-6-21(18-23(24)31)41-26-8-10-32-25-20-28(27(39-4)19-22(25)26)40-17-5-12-35(13-15-36)14-16-37/h6-8,10,18-20,36-37H,5,9,11-17H2,1-4H3,(H2,33,34,38). The van der Waals surface area contributed by atoms with Crippen molar-refractivity contribution in [3.63, 3.8) is 0 Å². The molecular weight excluding hydrogens is 548 g/mol. The number of aliphatic hydroxyl groups excluding tert-OH is 2. The van der Waals surface area contributed by atoms with Crippen molar-refractivity contribution in [3.05, 3.63) is 47.6 Å². The first-order valence-corrected chi connectivity index (χ1v) is 14.1. The molecule has 11 heteroatoms. The van der Waals surface area contributed by atoms with Crippen molar-refractivity contribution in [2.75, 3.05) is 58.4 Å². The summed E-state index contributed by atoms with van der Waals surface area (Å²) in [5, 5.41) is 25.0. The first-order valence-electron chi connectivity index (χ1n) is 13.7. The molecule has 41 heavy (non-hydrogen) atoms. The van der Waals surface area contributed by atoms with Crippen LogP contribution in [0, 0.1) is 5.41 Å². The molecule has 3 rings (SSSR count). The third kappa shape index (κ3) is 10.2. The molecule has 0 spiro atoms. The third-order valence-electron chi connectivity index (χ3n) is 6.27. The van der Waals surface area contributed by atoms with Gasteiger partial charge in [0.05, 0.1) is 43.2 Å². The van der Waals surface area contributed by atoms with Crippen molar-refractivity contribution in [2.24, 2.45) is 5.41 Å². The second-order valence-corrected chi connectivity index (χ2v) is 11.2. The van der Waals surface area contributed by atoms with Gasteiger partial charge in [-0.15, -0.1) is 0 Å². The van der Waals surface area contributed by atoms with Crippen molar-refractivity contribution < 1.29 is 29.2 Å². The zero-order chi connectivity index (χ0) is 29.8. The molecule has 224 valence electrons. The van der Waals surface area contributed by atoms with Crippen LogP contribution in [0.5, 0.6) is 23.0 Å². The normalized spacial score (nSPS) is 11.5. The maximum Gasteiger partial charge on any atom is 0.319 e. The number of fused-ring (bicyclic) bond motifs is 1. The summed E-state index contributed by atoms with van der Waals surface area (Å²) < 4.78 is 17.7. The van der Waals surface area contributed by atoms with Crippen LogP contribution < -0.4 is 24.8 Å². The largest absolute Gasteiger partial charge is 0.493 e. The number of ether oxygens (including phenoxy) is 3. The Balaban J connectivity index is 1.67. The molecular formula is C30H41ClN4O6. The fourth-order valence-electron chi connectivity index (χ4n) is 4.08. The summed E-state index contributed by atoms with van der Waals surface area (Å²) in [5.74, 6) is 2.14. The molecule has 10 nitrogen and oxygen atoms in total. The van der Waals surface area contributed by atoms with Gasteiger partial charge in [-0.3, -0.25) is 9.88 Å². The monoisotopic (exact) mass is 588 g/mol. The number of rotatable bonds is 15. The number of pyridine rings is 1. The van der Waals surface area contributed by atoms with E-state index in [9.17, 15) is 15.0 Å². The van der Waals surface area contributed by atoms with Gasteiger partial charge in [0, 0.05) is 49.9 Å². The van der Waals surface area contributed by atoms with E-state index in [1.807, 2.05) is 11.0 Å². The SMILES string of the molecule is COc1cc2c(Oc3ccc(NC(=O)NCCC(C)(C)C)c(Cl)c3)ccnc2cc1OCCCN(CCO)CCO. The van der Waals surface area contributed by atoms with E-state index in [-0.39, 0.29) is 24.7 Å². The van der Waals surface area contributed by atoms with Gasteiger partial charge in [-0.25, -0.2) is 4.79 Å². The van der Waals surface area contributed by atoms with E-state index in [4.69, 9.17) is 25.8 Å². The smallest absolute Gasteiger partial charge is 0.319 e. The number of hydrogen-bond acceptors (Lipinski definition) is 8. The van der Waals surface area contributed by atoms with Crippen molar-refractivity contribution in [1.29, 1.82) is 0 Å². The third-order valence-corrected chi connectivity index (χ3v) is 6.59. The number of benzene rings is 2. The highest BCUT2D eigenvalue weighted by atomic mass is 35.5. The quantitative estimate of drug-likeness (QED) is 0.176. The van der Waals surface area contributed by atoms with Crippen LogP contribution in [-0.2, 0) is 0 Å². The maximum atomic E-state index is 12.3. The Morgan fingerprint density at radius 2 is 1.78 bits per heavy atom. The molecule has 0 saturated carbocycles. The molecule has 0 fully saturated rings. The molecule has 0 aliphatic heterocycles. The highest BCUT2D eigenvalue weighted by molar-refractivity contribution is 6.33. The van der Waals surface area contributed by atoms with Crippen molar-refractivity contribution in [3.8, 4) is 23.0 Å². The molecule has 0 unspecified atom stereocenters. The van der Waals surface area contributed by atoms with Gasteiger partial charge in [-0.1, -0.05) is 32.4 Å². The predicted octanol–water partition coefficient (Wildman–Crippen LogP) is 5.30. The van der Waals surface area contributed by atoms with Gasteiger partial charge < -0.3 is 35.1 Å². The minimum absolute atomic E-state index is 0.0394. The van der Waals surface area contributed by atoms with E-state index in [1.165, 1.54) is 0 Å². The number of urea groups is 1. The number of anilines is 1. The number of nitrogens with zero attached hydrogens (tertiary/aromatic N) is 2. The number of aliphatic hydroxyl groups is 2. The van der Waals surface area contributed by atoms with Gasteiger partial charge in [0.1, 0.15) is 11.5 Å². The molecule has 3 aromatic rings. The second-order valence-electron chi connectivity index (χ2n) is 10.8. The zero-order valence-corrected chi connectivity index (χ0v) is 25.0. The lowest BCUT2D eigenvalue weighted by molar-refractivity contribution is 0.152. The summed E-state index contributed by atoms with van der Waals surface area (Å²) in [6, 6.07) is 10.1. The highest BCUT2D eigenvalue weighted by Gasteiger charge is 2.15. The average molecular weight is 589 g/mol. The van der Waals surface area contributed by atoms with Crippen molar-refractivity contribution in [1.82, 2.24) is 15.2 Å².